The van der Waals surface area contributed by atoms with Gasteiger partial charge in [-0.25, -0.2) is 4.79 Å². The van der Waals surface area contributed by atoms with Crippen molar-refractivity contribution in [2.24, 2.45) is 0 Å². The van der Waals surface area contributed by atoms with Gasteiger partial charge < -0.3 is 15.3 Å². The zero-order valence-electron chi connectivity index (χ0n) is 20.5. The van der Waals surface area contributed by atoms with Crippen LogP contribution in [0.1, 0.15) is 43.9 Å². The molecular weight excluding hydrogens is 422 g/mol. The van der Waals surface area contributed by atoms with Crippen molar-refractivity contribution >= 4 is 6.09 Å². The van der Waals surface area contributed by atoms with Gasteiger partial charge in [0, 0.05) is 18.6 Å². The number of carboxylic acid groups (broad SMARTS) is 1. The van der Waals surface area contributed by atoms with E-state index in [1.807, 2.05) is 39.0 Å². The normalized spacial score (nSPS) is 11.9. The van der Waals surface area contributed by atoms with E-state index in [2.05, 4.69) is 83.4 Å². The van der Waals surface area contributed by atoms with Crippen LogP contribution in [0.25, 0.3) is 0 Å². The monoisotopic (exact) mass is 459 g/mol. The van der Waals surface area contributed by atoms with Crippen LogP contribution >= 0.6 is 0 Å². The Morgan fingerprint density at radius 3 is 1.56 bits per heavy atom. The zero-order valence-corrected chi connectivity index (χ0v) is 20.5. The van der Waals surface area contributed by atoms with Crippen molar-refractivity contribution < 1.29 is 9.90 Å². The molecule has 5 heteroatoms. The van der Waals surface area contributed by atoms with Crippen molar-refractivity contribution in [2.45, 2.75) is 38.3 Å². The van der Waals surface area contributed by atoms with Gasteiger partial charge in [0.05, 0.1) is 5.54 Å². The second-order valence-corrected chi connectivity index (χ2v) is 9.48. The van der Waals surface area contributed by atoms with E-state index in [0.717, 1.165) is 19.5 Å². The molecule has 0 heterocycles. The highest BCUT2D eigenvalue weighted by atomic mass is 16.4. The molecule has 0 spiro atoms. The molecule has 0 bridgehead atoms. The van der Waals surface area contributed by atoms with Crippen LogP contribution < -0.4 is 10.6 Å². The second kappa shape index (κ2) is 11.8. The predicted octanol–water partition coefficient (Wildman–Crippen LogP) is 5.33. The lowest BCUT2D eigenvalue weighted by atomic mass is 9.77. The summed E-state index contributed by atoms with van der Waals surface area (Å²) in [6, 6.07) is 31.7. The Morgan fingerprint density at radius 1 is 0.735 bits per heavy atom. The fourth-order valence-corrected chi connectivity index (χ4v) is 4.39. The van der Waals surface area contributed by atoms with Gasteiger partial charge in [0.2, 0.25) is 0 Å². The number of nitrogens with zero attached hydrogens (tertiary/aromatic N) is 1. The van der Waals surface area contributed by atoms with Crippen molar-refractivity contribution in [2.75, 3.05) is 26.2 Å². The lowest BCUT2D eigenvalue weighted by Gasteiger charge is -2.37. The van der Waals surface area contributed by atoms with Crippen LogP contribution in [0.2, 0.25) is 0 Å². The minimum absolute atomic E-state index is 0.407. The maximum Gasteiger partial charge on any atom is 0.407 e. The molecule has 0 fully saturated rings. The van der Waals surface area contributed by atoms with Crippen LogP contribution in [0.15, 0.2) is 91.0 Å². The number of carbonyl (C=O) groups is 1. The zero-order chi connectivity index (χ0) is 24.4. The molecule has 0 atom stereocenters. The first-order valence-electron chi connectivity index (χ1n) is 12.0. The number of hydrogen-bond acceptors (Lipinski definition) is 3. The molecule has 5 nitrogen and oxygen atoms in total. The highest BCUT2D eigenvalue weighted by molar-refractivity contribution is 5.66. The third-order valence-electron chi connectivity index (χ3n) is 6.09. The summed E-state index contributed by atoms with van der Waals surface area (Å²) < 4.78 is 0. The van der Waals surface area contributed by atoms with Crippen LogP contribution in [0.3, 0.4) is 0 Å². The second-order valence-electron chi connectivity index (χ2n) is 9.48. The molecule has 0 aliphatic rings. The summed E-state index contributed by atoms with van der Waals surface area (Å²) in [4.78, 5) is 13.0. The predicted molar refractivity (Wildman–Crippen MR) is 139 cm³/mol. The quantitative estimate of drug-likeness (QED) is 0.268. The SMILES string of the molecule is CC(C)(C)N(CCNCCCNC(c1ccccc1)(c1ccccc1)c1ccccc1)C(=O)O. The van der Waals surface area contributed by atoms with Crippen molar-refractivity contribution in [3.8, 4) is 0 Å². The van der Waals surface area contributed by atoms with E-state index in [9.17, 15) is 9.90 Å². The summed E-state index contributed by atoms with van der Waals surface area (Å²) in [5.74, 6) is 0. The number of benzene rings is 3. The number of amides is 1. The maximum absolute atomic E-state index is 11.5. The van der Waals surface area contributed by atoms with E-state index < -0.39 is 17.2 Å². The summed E-state index contributed by atoms with van der Waals surface area (Å²) >= 11 is 0. The van der Waals surface area contributed by atoms with E-state index in [0.29, 0.717) is 13.1 Å². The van der Waals surface area contributed by atoms with Crippen LogP contribution in [0.4, 0.5) is 4.79 Å². The molecule has 180 valence electrons. The van der Waals surface area contributed by atoms with Crippen LogP contribution in [0, 0.1) is 0 Å². The Bertz CT molecular complexity index is 905. The van der Waals surface area contributed by atoms with Crippen molar-refractivity contribution in [1.29, 1.82) is 0 Å². The van der Waals surface area contributed by atoms with E-state index in [1.165, 1.54) is 21.6 Å². The molecule has 1 amide bonds. The van der Waals surface area contributed by atoms with Gasteiger partial charge in [-0.3, -0.25) is 5.32 Å². The van der Waals surface area contributed by atoms with E-state index in [1.54, 1.807) is 0 Å². The molecular formula is C29H37N3O2. The molecule has 0 saturated heterocycles. The molecule has 3 aromatic rings. The molecule has 0 radical (unpaired) electrons. The first kappa shape index (κ1) is 25.5. The van der Waals surface area contributed by atoms with E-state index in [4.69, 9.17) is 0 Å². The van der Waals surface area contributed by atoms with Gasteiger partial charge >= 0.3 is 6.09 Å². The lowest BCUT2D eigenvalue weighted by molar-refractivity contribution is 0.101. The molecule has 3 N–H and O–H groups in total. The first-order chi connectivity index (χ1) is 16.4. The summed E-state index contributed by atoms with van der Waals surface area (Å²) in [6.07, 6.45) is 0.0333. The van der Waals surface area contributed by atoms with E-state index >= 15 is 0 Å². The average Bonchev–Trinajstić information content (AvgIpc) is 2.84. The largest absolute Gasteiger partial charge is 0.465 e. The Kier molecular flexibility index (Phi) is 8.85. The molecule has 3 rings (SSSR count). The van der Waals surface area contributed by atoms with Crippen LogP contribution in [-0.4, -0.2) is 47.8 Å². The van der Waals surface area contributed by atoms with E-state index in [-0.39, 0.29) is 0 Å². The first-order valence-corrected chi connectivity index (χ1v) is 12.0. The van der Waals surface area contributed by atoms with Crippen molar-refractivity contribution in [3.05, 3.63) is 108 Å². The summed E-state index contributed by atoms with van der Waals surface area (Å²) in [6.45, 7) is 8.45. The number of rotatable bonds is 11. The topological polar surface area (TPSA) is 64.6 Å². The van der Waals surface area contributed by atoms with Gasteiger partial charge in [0.25, 0.3) is 0 Å². The molecule has 0 aliphatic carbocycles. The van der Waals surface area contributed by atoms with Crippen molar-refractivity contribution in [1.82, 2.24) is 15.5 Å². The fourth-order valence-electron chi connectivity index (χ4n) is 4.39. The summed E-state index contributed by atoms with van der Waals surface area (Å²) in [5.41, 5.74) is 2.72. The highest BCUT2D eigenvalue weighted by Crippen LogP contribution is 2.36. The number of nitrogens with one attached hydrogen (secondary N) is 2. The van der Waals surface area contributed by atoms with Crippen LogP contribution in [0.5, 0.6) is 0 Å². The summed E-state index contributed by atoms with van der Waals surface area (Å²) in [7, 11) is 0. The molecule has 0 aromatic heterocycles. The van der Waals surface area contributed by atoms with Crippen molar-refractivity contribution in [3.63, 3.8) is 0 Å². The Morgan fingerprint density at radius 2 is 1.18 bits per heavy atom. The third kappa shape index (κ3) is 6.25. The van der Waals surface area contributed by atoms with Gasteiger partial charge in [-0.2, -0.15) is 0 Å². The Labute approximate surface area is 203 Å². The lowest BCUT2D eigenvalue weighted by Crippen LogP contribution is -2.48. The van der Waals surface area contributed by atoms with Gasteiger partial charge in [-0.15, -0.1) is 0 Å². The Hall–Kier alpha value is -3.15. The van der Waals surface area contributed by atoms with Crippen LogP contribution in [-0.2, 0) is 5.54 Å². The highest BCUT2D eigenvalue weighted by Gasteiger charge is 2.35. The Balaban J connectivity index is 1.71. The minimum Gasteiger partial charge on any atom is -0.465 e. The van der Waals surface area contributed by atoms with Gasteiger partial charge in [-0.1, -0.05) is 91.0 Å². The fraction of sp³-hybridized carbons (Fsp3) is 0.345. The maximum atomic E-state index is 11.5. The van der Waals surface area contributed by atoms with Gasteiger partial charge in [0.1, 0.15) is 0 Å². The standard InChI is InChI=1S/C29H37N3O2/c1-28(2,3)32(27(33)34)23-22-30-20-13-21-31-29(24-14-7-4-8-15-24,25-16-9-5-10-17-25)26-18-11-6-12-19-26/h4-12,14-19,30-31H,13,20-23H2,1-3H3,(H,33,34). The van der Waals surface area contributed by atoms with Gasteiger partial charge in [0.15, 0.2) is 0 Å². The smallest absolute Gasteiger partial charge is 0.407 e. The molecule has 34 heavy (non-hydrogen) atoms. The number of hydrogen-bond donors (Lipinski definition) is 3. The minimum atomic E-state index is -0.880. The third-order valence-corrected chi connectivity index (χ3v) is 6.09. The summed E-state index contributed by atoms with van der Waals surface area (Å²) in [5, 5.41) is 16.7. The average molecular weight is 460 g/mol. The molecule has 0 saturated carbocycles. The molecule has 0 unspecified atom stereocenters. The molecule has 0 aliphatic heterocycles. The van der Waals surface area contributed by atoms with Gasteiger partial charge in [-0.05, 0) is 57.0 Å². The molecule has 3 aromatic carbocycles.